The first-order chi connectivity index (χ1) is 6.07. The predicted octanol–water partition coefficient (Wildman–Crippen LogP) is 3.44. The van der Waals surface area contributed by atoms with Crippen LogP contribution in [0.2, 0.25) is 5.02 Å². The second kappa shape index (κ2) is 4.19. The molecule has 6 heteroatoms. The van der Waals surface area contributed by atoms with Gasteiger partial charge in [0.15, 0.2) is 5.75 Å². The van der Waals surface area contributed by atoms with Crippen molar-refractivity contribution in [2.45, 2.75) is 6.43 Å². The van der Waals surface area contributed by atoms with E-state index >= 15 is 0 Å². The molecule has 0 atom stereocenters. The van der Waals surface area contributed by atoms with Gasteiger partial charge in [-0.15, -0.1) is 0 Å². The molecular formula is C7H5BrClF2NO. The van der Waals surface area contributed by atoms with Crippen LogP contribution in [0, 0.1) is 0 Å². The second-order valence-electron chi connectivity index (χ2n) is 2.15. The van der Waals surface area contributed by atoms with Crippen molar-refractivity contribution in [2.75, 3.05) is 7.11 Å². The molecule has 0 aliphatic heterocycles. The molecule has 0 unspecified atom stereocenters. The quantitative estimate of drug-likeness (QED) is 0.769. The van der Waals surface area contributed by atoms with Gasteiger partial charge in [0.05, 0.1) is 17.7 Å². The van der Waals surface area contributed by atoms with E-state index in [-0.39, 0.29) is 16.3 Å². The molecule has 0 saturated carbocycles. The Labute approximate surface area is 87.0 Å². The fourth-order valence-corrected chi connectivity index (χ4v) is 1.66. The average molecular weight is 272 g/mol. The van der Waals surface area contributed by atoms with Crippen molar-refractivity contribution in [3.8, 4) is 5.75 Å². The third kappa shape index (κ3) is 2.08. The maximum Gasteiger partial charge on any atom is 0.266 e. The zero-order chi connectivity index (χ0) is 10.0. The van der Waals surface area contributed by atoms with Gasteiger partial charge in [-0.1, -0.05) is 11.6 Å². The van der Waals surface area contributed by atoms with Crippen molar-refractivity contribution in [2.24, 2.45) is 0 Å². The molecule has 0 aliphatic carbocycles. The van der Waals surface area contributed by atoms with Gasteiger partial charge in [-0.05, 0) is 15.9 Å². The lowest BCUT2D eigenvalue weighted by Gasteiger charge is -2.08. The van der Waals surface area contributed by atoms with Crippen LogP contribution in [0.4, 0.5) is 8.78 Å². The monoisotopic (exact) mass is 271 g/mol. The predicted molar refractivity (Wildman–Crippen MR) is 48.5 cm³/mol. The summed E-state index contributed by atoms with van der Waals surface area (Å²) >= 11 is 8.66. The third-order valence-electron chi connectivity index (χ3n) is 1.40. The highest BCUT2D eigenvalue weighted by molar-refractivity contribution is 9.10. The van der Waals surface area contributed by atoms with Crippen molar-refractivity contribution >= 4 is 27.5 Å². The van der Waals surface area contributed by atoms with E-state index in [1.165, 1.54) is 7.11 Å². The summed E-state index contributed by atoms with van der Waals surface area (Å²) in [6.07, 6.45) is -1.64. The summed E-state index contributed by atoms with van der Waals surface area (Å²) in [7, 11) is 1.34. The average Bonchev–Trinajstić information content (AvgIpc) is 2.04. The van der Waals surface area contributed by atoms with Crippen molar-refractivity contribution in [3.05, 3.63) is 21.4 Å². The minimum Gasteiger partial charge on any atom is -0.492 e. The number of ether oxygens (including phenoxy) is 1. The first kappa shape index (κ1) is 10.7. The van der Waals surface area contributed by atoms with Crippen LogP contribution in [0.1, 0.15) is 12.0 Å². The number of hydrogen-bond donors (Lipinski definition) is 0. The number of rotatable bonds is 2. The molecule has 0 aliphatic rings. The number of alkyl halides is 2. The molecule has 1 aromatic rings. The molecule has 0 bridgehead atoms. The second-order valence-corrected chi connectivity index (χ2v) is 3.28. The summed E-state index contributed by atoms with van der Waals surface area (Å²) in [5.41, 5.74) is -0.332. The zero-order valence-corrected chi connectivity index (χ0v) is 8.86. The Bertz CT molecular complexity index is 322. The Morgan fingerprint density at radius 1 is 1.62 bits per heavy atom. The summed E-state index contributed by atoms with van der Waals surface area (Å²) in [6, 6.07) is 0. The third-order valence-corrected chi connectivity index (χ3v) is 2.35. The molecule has 0 radical (unpaired) electrons. The normalized spacial score (nSPS) is 10.6. The lowest BCUT2D eigenvalue weighted by atomic mass is 10.3. The largest absolute Gasteiger partial charge is 0.492 e. The van der Waals surface area contributed by atoms with Crippen molar-refractivity contribution in [1.82, 2.24) is 4.98 Å². The first-order valence-electron chi connectivity index (χ1n) is 3.24. The van der Waals surface area contributed by atoms with Gasteiger partial charge in [-0.3, -0.25) is 0 Å². The Morgan fingerprint density at radius 2 is 2.23 bits per heavy atom. The van der Waals surface area contributed by atoms with Gasteiger partial charge in [0, 0.05) is 6.20 Å². The Morgan fingerprint density at radius 3 is 2.69 bits per heavy atom. The number of halogens is 4. The number of pyridine rings is 1. The summed E-state index contributed by atoms with van der Waals surface area (Å²) in [5.74, 6) is 0.125. The highest BCUT2D eigenvalue weighted by Crippen LogP contribution is 2.37. The van der Waals surface area contributed by atoms with E-state index in [0.717, 1.165) is 6.20 Å². The fourth-order valence-electron chi connectivity index (χ4n) is 0.789. The van der Waals surface area contributed by atoms with Crippen LogP contribution in [0.3, 0.4) is 0 Å². The van der Waals surface area contributed by atoms with Crippen LogP contribution < -0.4 is 4.74 Å². The molecule has 0 N–H and O–H groups in total. The van der Waals surface area contributed by atoms with E-state index in [1.807, 2.05) is 0 Å². The molecule has 2 nitrogen and oxygen atoms in total. The maximum atomic E-state index is 12.3. The van der Waals surface area contributed by atoms with Crippen LogP contribution in [0.5, 0.6) is 5.75 Å². The molecule has 1 heterocycles. The van der Waals surface area contributed by atoms with Gasteiger partial charge < -0.3 is 4.74 Å². The summed E-state index contributed by atoms with van der Waals surface area (Å²) in [5, 5.41) is -0.112. The molecule has 13 heavy (non-hydrogen) atoms. The van der Waals surface area contributed by atoms with E-state index in [1.54, 1.807) is 0 Å². The van der Waals surface area contributed by atoms with E-state index in [0.29, 0.717) is 4.60 Å². The van der Waals surface area contributed by atoms with Crippen molar-refractivity contribution in [3.63, 3.8) is 0 Å². The fraction of sp³-hybridized carbons (Fsp3) is 0.286. The van der Waals surface area contributed by atoms with Crippen LogP contribution in [0.15, 0.2) is 10.8 Å². The molecule has 0 aromatic carbocycles. The molecule has 0 amide bonds. The van der Waals surface area contributed by atoms with Crippen LogP contribution in [0.25, 0.3) is 0 Å². The topological polar surface area (TPSA) is 22.1 Å². The SMILES string of the molecule is COc1c(Br)ncc(C(F)F)c1Cl. The first-order valence-corrected chi connectivity index (χ1v) is 4.41. The number of aromatic nitrogens is 1. The van der Waals surface area contributed by atoms with Crippen molar-refractivity contribution in [1.29, 1.82) is 0 Å². The van der Waals surface area contributed by atoms with Gasteiger partial charge in [0.2, 0.25) is 0 Å². The van der Waals surface area contributed by atoms with E-state index in [9.17, 15) is 8.78 Å². The minimum atomic E-state index is -2.65. The minimum absolute atomic E-state index is 0.112. The van der Waals surface area contributed by atoms with E-state index < -0.39 is 6.43 Å². The van der Waals surface area contributed by atoms with Gasteiger partial charge in [-0.25, -0.2) is 13.8 Å². The summed E-state index contributed by atoms with van der Waals surface area (Å²) < 4.78 is 29.7. The van der Waals surface area contributed by atoms with Gasteiger partial charge in [0.25, 0.3) is 6.43 Å². The molecule has 0 spiro atoms. The highest BCUT2D eigenvalue weighted by Gasteiger charge is 2.18. The summed E-state index contributed by atoms with van der Waals surface area (Å²) in [6.45, 7) is 0. The van der Waals surface area contributed by atoms with E-state index in [2.05, 4.69) is 20.9 Å². The smallest absolute Gasteiger partial charge is 0.266 e. The molecule has 1 rings (SSSR count). The Balaban J connectivity index is 3.27. The number of hydrogen-bond acceptors (Lipinski definition) is 2. The Kier molecular flexibility index (Phi) is 3.44. The van der Waals surface area contributed by atoms with Crippen LogP contribution in [-0.4, -0.2) is 12.1 Å². The highest BCUT2D eigenvalue weighted by atomic mass is 79.9. The lowest BCUT2D eigenvalue weighted by molar-refractivity contribution is 0.150. The molecule has 72 valence electrons. The standard InChI is InChI=1S/C7H5BrClF2NO/c1-13-5-4(9)3(7(10)11)2-12-6(5)8/h2,7H,1H3. The van der Waals surface area contributed by atoms with Crippen molar-refractivity contribution < 1.29 is 13.5 Å². The Hall–Kier alpha value is -0.420. The summed E-state index contributed by atoms with van der Waals surface area (Å²) in [4.78, 5) is 3.66. The van der Waals surface area contributed by atoms with Crippen LogP contribution in [-0.2, 0) is 0 Å². The molecular weight excluding hydrogens is 267 g/mol. The van der Waals surface area contributed by atoms with Gasteiger partial charge in [0.1, 0.15) is 4.60 Å². The van der Waals surface area contributed by atoms with Gasteiger partial charge >= 0.3 is 0 Å². The van der Waals surface area contributed by atoms with Crippen LogP contribution >= 0.6 is 27.5 Å². The van der Waals surface area contributed by atoms with E-state index in [4.69, 9.17) is 16.3 Å². The zero-order valence-electron chi connectivity index (χ0n) is 6.52. The number of methoxy groups -OCH3 is 1. The molecule has 0 fully saturated rings. The van der Waals surface area contributed by atoms with Gasteiger partial charge in [-0.2, -0.15) is 0 Å². The lowest BCUT2D eigenvalue weighted by Crippen LogP contribution is -1.94. The maximum absolute atomic E-state index is 12.3. The number of nitrogens with zero attached hydrogens (tertiary/aromatic N) is 1. The molecule has 1 aromatic heterocycles. The molecule has 0 saturated heterocycles.